The first-order valence-corrected chi connectivity index (χ1v) is 5.81. The van der Waals surface area contributed by atoms with E-state index < -0.39 is 0 Å². The molecule has 0 saturated heterocycles. The van der Waals surface area contributed by atoms with Crippen molar-refractivity contribution in [1.82, 2.24) is 4.98 Å². The Bertz CT molecular complexity index is 563. The predicted molar refractivity (Wildman–Crippen MR) is 67.4 cm³/mol. The predicted octanol–water partition coefficient (Wildman–Crippen LogP) is 3.29. The van der Waals surface area contributed by atoms with Crippen molar-refractivity contribution in [3.8, 4) is 11.8 Å². The topological polar surface area (TPSA) is 45.9 Å². The maximum atomic E-state index is 8.88. The molecule has 0 saturated carbocycles. The van der Waals surface area contributed by atoms with Crippen molar-refractivity contribution in [2.75, 3.05) is 0 Å². The first kappa shape index (κ1) is 11.6. The first-order valence-electron chi connectivity index (χ1n) is 5.02. The summed E-state index contributed by atoms with van der Waals surface area (Å²) in [6, 6.07) is 13.2. The second-order valence-electron chi connectivity index (χ2n) is 3.37. The van der Waals surface area contributed by atoms with E-state index in [1.807, 2.05) is 36.4 Å². The molecule has 1 heterocycles. The lowest BCUT2D eigenvalue weighted by molar-refractivity contribution is 0.305. The van der Waals surface area contributed by atoms with Crippen LogP contribution in [0.2, 0.25) is 0 Å². The summed E-state index contributed by atoms with van der Waals surface area (Å²) in [5, 5.41) is 8.88. The van der Waals surface area contributed by atoms with E-state index in [1.54, 1.807) is 12.3 Å². The highest BCUT2D eigenvalue weighted by Gasteiger charge is 2.03. The lowest BCUT2D eigenvalue weighted by Gasteiger charge is -2.07. The van der Waals surface area contributed by atoms with Gasteiger partial charge in [-0.15, -0.1) is 0 Å². The molecule has 1 aromatic heterocycles. The van der Waals surface area contributed by atoms with Gasteiger partial charge in [0.1, 0.15) is 24.1 Å². The van der Waals surface area contributed by atoms with Gasteiger partial charge >= 0.3 is 0 Å². The van der Waals surface area contributed by atoms with E-state index in [9.17, 15) is 0 Å². The summed E-state index contributed by atoms with van der Waals surface area (Å²) in [6.45, 7) is 0.340. The van der Waals surface area contributed by atoms with Crippen LogP contribution in [0.1, 0.15) is 11.3 Å². The van der Waals surface area contributed by atoms with Gasteiger partial charge in [-0.05, 0) is 24.3 Å². The van der Waals surface area contributed by atoms with Crippen LogP contribution < -0.4 is 4.74 Å². The summed E-state index contributed by atoms with van der Waals surface area (Å²) in [4.78, 5) is 3.98. The fourth-order valence-corrected chi connectivity index (χ4v) is 1.75. The summed E-state index contributed by atoms with van der Waals surface area (Å²) in [7, 11) is 0. The molecule has 0 unspecified atom stereocenters. The van der Waals surface area contributed by atoms with Gasteiger partial charge < -0.3 is 4.74 Å². The maximum absolute atomic E-state index is 8.88. The lowest BCUT2D eigenvalue weighted by Crippen LogP contribution is -1.99. The molecule has 0 amide bonds. The normalized spacial score (nSPS) is 9.65. The van der Waals surface area contributed by atoms with Crippen LogP contribution in [0.15, 0.2) is 47.1 Å². The van der Waals surface area contributed by atoms with Crippen LogP contribution in [-0.4, -0.2) is 4.98 Å². The molecule has 0 aliphatic rings. The quantitative estimate of drug-likeness (QED) is 0.871. The lowest BCUT2D eigenvalue weighted by atomic mass is 10.2. The third kappa shape index (κ3) is 3.05. The molecule has 0 radical (unpaired) electrons. The van der Waals surface area contributed by atoms with Crippen LogP contribution in [0.3, 0.4) is 0 Å². The van der Waals surface area contributed by atoms with Gasteiger partial charge in [0, 0.05) is 16.2 Å². The minimum atomic E-state index is 0.340. The van der Waals surface area contributed by atoms with Crippen LogP contribution in [0.25, 0.3) is 0 Å². The second kappa shape index (κ2) is 5.46. The standard InChI is InChI=1S/C13H9BrN2O/c14-11-4-1-5-12(7-11)17-9-10-3-2-6-16-13(10)8-15/h1-7H,9H2. The van der Waals surface area contributed by atoms with Gasteiger partial charge in [0.15, 0.2) is 0 Å². The molecule has 0 N–H and O–H groups in total. The molecule has 84 valence electrons. The highest BCUT2D eigenvalue weighted by atomic mass is 79.9. The molecule has 0 aliphatic carbocycles. The Morgan fingerprint density at radius 1 is 1.29 bits per heavy atom. The Morgan fingerprint density at radius 2 is 2.18 bits per heavy atom. The van der Waals surface area contributed by atoms with Crippen molar-refractivity contribution in [2.45, 2.75) is 6.61 Å². The Hall–Kier alpha value is -1.86. The molecule has 0 atom stereocenters. The van der Waals surface area contributed by atoms with Crippen LogP contribution in [0, 0.1) is 11.3 Å². The Kier molecular flexibility index (Phi) is 3.73. The number of pyridine rings is 1. The van der Waals surface area contributed by atoms with Gasteiger partial charge in [-0.1, -0.05) is 28.1 Å². The molecule has 0 aliphatic heterocycles. The Morgan fingerprint density at radius 3 is 2.94 bits per heavy atom. The van der Waals surface area contributed by atoms with Crippen LogP contribution in [0.4, 0.5) is 0 Å². The molecular weight excluding hydrogens is 280 g/mol. The molecular formula is C13H9BrN2O. The average molecular weight is 289 g/mol. The van der Waals surface area contributed by atoms with Gasteiger partial charge in [-0.25, -0.2) is 4.98 Å². The molecule has 4 heteroatoms. The van der Waals surface area contributed by atoms with E-state index in [1.165, 1.54) is 0 Å². The van der Waals surface area contributed by atoms with Crippen molar-refractivity contribution in [2.24, 2.45) is 0 Å². The summed E-state index contributed by atoms with van der Waals surface area (Å²) in [5.74, 6) is 0.757. The zero-order chi connectivity index (χ0) is 12.1. The number of rotatable bonds is 3. The van der Waals surface area contributed by atoms with Gasteiger partial charge in [0.2, 0.25) is 0 Å². The van der Waals surface area contributed by atoms with Crippen LogP contribution >= 0.6 is 15.9 Å². The number of halogens is 1. The Labute approximate surface area is 108 Å². The van der Waals surface area contributed by atoms with E-state index in [-0.39, 0.29) is 0 Å². The number of hydrogen-bond donors (Lipinski definition) is 0. The number of hydrogen-bond acceptors (Lipinski definition) is 3. The molecule has 17 heavy (non-hydrogen) atoms. The minimum Gasteiger partial charge on any atom is -0.489 e. The summed E-state index contributed by atoms with van der Waals surface area (Å²) in [5.41, 5.74) is 1.19. The minimum absolute atomic E-state index is 0.340. The fraction of sp³-hybridized carbons (Fsp3) is 0.0769. The largest absolute Gasteiger partial charge is 0.489 e. The molecule has 0 bridgehead atoms. The fourth-order valence-electron chi connectivity index (χ4n) is 1.37. The maximum Gasteiger partial charge on any atom is 0.147 e. The zero-order valence-corrected chi connectivity index (χ0v) is 10.5. The molecule has 2 aromatic rings. The van der Waals surface area contributed by atoms with E-state index >= 15 is 0 Å². The van der Waals surface area contributed by atoms with E-state index in [4.69, 9.17) is 10.00 Å². The summed E-state index contributed by atoms with van der Waals surface area (Å²) < 4.78 is 6.55. The number of ether oxygens (including phenoxy) is 1. The molecule has 0 spiro atoms. The average Bonchev–Trinajstić information content (AvgIpc) is 2.37. The van der Waals surface area contributed by atoms with Crippen molar-refractivity contribution >= 4 is 15.9 Å². The molecule has 3 nitrogen and oxygen atoms in total. The second-order valence-corrected chi connectivity index (χ2v) is 4.28. The van der Waals surface area contributed by atoms with Crippen molar-refractivity contribution in [1.29, 1.82) is 5.26 Å². The van der Waals surface area contributed by atoms with Crippen molar-refractivity contribution < 1.29 is 4.74 Å². The highest BCUT2D eigenvalue weighted by Crippen LogP contribution is 2.19. The Balaban J connectivity index is 2.10. The summed E-state index contributed by atoms with van der Waals surface area (Å²) in [6.07, 6.45) is 1.60. The zero-order valence-electron chi connectivity index (χ0n) is 8.93. The van der Waals surface area contributed by atoms with E-state index in [0.29, 0.717) is 12.3 Å². The van der Waals surface area contributed by atoms with Gasteiger partial charge in [-0.3, -0.25) is 0 Å². The van der Waals surface area contributed by atoms with Crippen LogP contribution in [-0.2, 0) is 6.61 Å². The molecule has 0 fully saturated rings. The van der Waals surface area contributed by atoms with E-state index in [2.05, 4.69) is 20.9 Å². The number of nitriles is 1. The first-order chi connectivity index (χ1) is 8.29. The number of benzene rings is 1. The highest BCUT2D eigenvalue weighted by molar-refractivity contribution is 9.10. The van der Waals surface area contributed by atoms with Crippen molar-refractivity contribution in [3.05, 3.63) is 58.3 Å². The van der Waals surface area contributed by atoms with E-state index in [0.717, 1.165) is 15.8 Å². The molecule has 1 aromatic carbocycles. The smallest absolute Gasteiger partial charge is 0.147 e. The number of aromatic nitrogens is 1. The SMILES string of the molecule is N#Cc1ncccc1COc1cccc(Br)c1. The van der Waals surface area contributed by atoms with Gasteiger partial charge in [0.05, 0.1) is 0 Å². The monoisotopic (exact) mass is 288 g/mol. The number of nitrogens with zero attached hydrogens (tertiary/aromatic N) is 2. The molecule has 2 rings (SSSR count). The summed E-state index contributed by atoms with van der Waals surface area (Å²) >= 11 is 3.37. The third-order valence-corrected chi connectivity index (χ3v) is 2.68. The third-order valence-electron chi connectivity index (χ3n) is 2.19. The van der Waals surface area contributed by atoms with Crippen molar-refractivity contribution in [3.63, 3.8) is 0 Å². The van der Waals surface area contributed by atoms with Crippen LogP contribution in [0.5, 0.6) is 5.75 Å². The van der Waals surface area contributed by atoms with Gasteiger partial charge in [-0.2, -0.15) is 5.26 Å². The van der Waals surface area contributed by atoms with Gasteiger partial charge in [0.25, 0.3) is 0 Å².